The van der Waals surface area contributed by atoms with Crippen LogP contribution in [-0.4, -0.2) is 22.7 Å². The van der Waals surface area contributed by atoms with E-state index in [9.17, 15) is 9.90 Å². The van der Waals surface area contributed by atoms with Gasteiger partial charge in [0.05, 0.1) is 11.7 Å². The number of halogens is 1. The molecule has 0 aromatic heterocycles. The number of hydrogen-bond donors (Lipinski definition) is 3. The number of benzene rings is 2. The Hall–Kier alpha value is -1.88. The highest BCUT2D eigenvalue weighted by atomic mass is 35.5. The van der Waals surface area contributed by atoms with Gasteiger partial charge in [-0.15, -0.1) is 12.4 Å². The van der Waals surface area contributed by atoms with Crippen molar-refractivity contribution in [2.75, 3.05) is 6.54 Å². The molecule has 0 bridgehead atoms. The van der Waals surface area contributed by atoms with Crippen LogP contribution in [0.4, 0.5) is 0 Å². The van der Waals surface area contributed by atoms with Gasteiger partial charge >= 0.3 is 5.97 Å². The summed E-state index contributed by atoms with van der Waals surface area (Å²) in [5.74, 6) is -0.939. The molecular formula is C16H18ClNO3. The van der Waals surface area contributed by atoms with Crippen LogP contribution >= 0.6 is 12.4 Å². The van der Waals surface area contributed by atoms with Crippen LogP contribution < -0.4 is 5.32 Å². The van der Waals surface area contributed by atoms with Crippen LogP contribution in [0, 0.1) is 0 Å². The third-order valence-corrected chi connectivity index (χ3v) is 3.09. The van der Waals surface area contributed by atoms with Gasteiger partial charge in [-0.05, 0) is 17.2 Å². The second-order valence-electron chi connectivity index (χ2n) is 4.52. The molecule has 0 aliphatic heterocycles. The summed E-state index contributed by atoms with van der Waals surface area (Å²) in [4.78, 5) is 11.1. The Morgan fingerprint density at radius 3 is 2.33 bits per heavy atom. The SMILES string of the molecule is Cl.O=C(O)c1ccccc1CNCC(O)c1ccccc1. The Morgan fingerprint density at radius 2 is 1.67 bits per heavy atom. The highest BCUT2D eigenvalue weighted by Gasteiger charge is 2.10. The molecule has 0 aliphatic carbocycles. The topological polar surface area (TPSA) is 69.6 Å². The molecule has 2 aromatic carbocycles. The molecule has 1 unspecified atom stereocenters. The summed E-state index contributed by atoms with van der Waals surface area (Å²) in [6, 6.07) is 16.2. The van der Waals surface area contributed by atoms with E-state index in [1.807, 2.05) is 30.3 Å². The van der Waals surface area contributed by atoms with Crippen LogP contribution in [0.5, 0.6) is 0 Å². The lowest BCUT2D eigenvalue weighted by Gasteiger charge is -2.13. The molecule has 2 rings (SSSR count). The average molecular weight is 308 g/mol. The molecule has 112 valence electrons. The van der Waals surface area contributed by atoms with Crippen molar-refractivity contribution in [1.29, 1.82) is 0 Å². The number of rotatable bonds is 6. The summed E-state index contributed by atoms with van der Waals surface area (Å²) in [5.41, 5.74) is 1.83. The van der Waals surface area contributed by atoms with Gasteiger partial charge in [0.25, 0.3) is 0 Å². The van der Waals surface area contributed by atoms with Crippen LogP contribution in [0.3, 0.4) is 0 Å². The van der Waals surface area contributed by atoms with Crippen molar-refractivity contribution >= 4 is 18.4 Å². The molecule has 2 aromatic rings. The predicted molar refractivity (Wildman–Crippen MR) is 83.8 cm³/mol. The Balaban J connectivity index is 0.00000220. The van der Waals surface area contributed by atoms with Crippen molar-refractivity contribution in [1.82, 2.24) is 5.32 Å². The third kappa shape index (κ3) is 4.86. The van der Waals surface area contributed by atoms with E-state index in [0.29, 0.717) is 18.7 Å². The van der Waals surface area contributed by atoms with Gasteiger partial charge < -0.3 is 15.5 Å². The first-order valence-electron chi connectivity index (χ1n) is 6.43. The monoisotopic (exact) mass is 307 g/mol. The summed E-state index contributed by atoms with van der Waals surface area (Å²) in [7, 11) is 0. The third-order valence-electron chi connectivity index (χ3n) is 3.09. The maximum atomic E-state index is 11.1. The molecule has 0 fully saturated rings. The Morgan fingerprint density at radius 1 is 1.05 bits per heavy atom. The quantitative estimate of drug-likeness (QED) is 0.767. The van der Waals surface area contributed by atoms with Crippen LogP contribution in [0.2, 0.25) is 0 Å². The highest BCUT2D eigenvalue weighted by molar-refractivity contribution is 5.89. The summed E-state index contributed by atoms with van der Waals surface area (Å²) in [6.45, 7) is 0.782. The number of carboxylic acids is 1. The lowest BCUT2D eigenvalue weighted by Crippen LogP contribution is -2.22. The fourth-order valence-electron chi connectivity index (χ4n) is 2.02. The summed E-state index contributed by atoms with van der Waals surface area (Å²) < 4.78 is 0. The van der Waals surface area contributed by atoms with E-state index in [2.05, 4.69) is 5.32 Å². The average Bonchev–Trinajstić information content (AvgIpc) is 2.48. The van der Waals surface area contributed by atoms with Gasteiger partial charge in [0.1, 0.15) is 0 Å². The minimum atomic E-state index is -0.939. The summed E-state index contributed by atoms with van der Waals surface area (Å²) in [6.07, 6.45) is -0.604. The van der Waals surface area contributed by atoms with E-state index in [-0.39, 0.29) is 18.0 Å². The van der Waals surface area contributed by atoms with Gasteiger partial charge in [0, 0.05) is 13.1 Å². The van der Waals surface area contributed by atoms with Crippen molar-refractivity contribution < 1.29 is 15.0 Å². The zero-order valence-corrected chi connectivity index (χ0v) is 12.2. The van der Waals surface area contributed by atoms with Gasteiger partial charge in [-0.1, -0.05) is 48.5 Å². The molecule has 21 heavy (non-hydrogen) atoms. The van der Waals surface area contributed by atoms with Gasteiger partial charge in [-0.2, -0.15) is 0 Å². The first-order chi connectivity index (χ1) is 9.68. The van der Waals surface area contributed by atoms with E-state index >= 15 is 0 Å². The van der Waals surface area contributed by atoms with Crippen molar-refractivity contribution in [3.05, 3.63) is 71.3 Å². The molecule has 4 nitrogen and oxygen atoms in total. The van der Waals surface area contributed by atoms with Crippen LogP contribution in [-0.2, 0) is 6.54 Å². The molecule has 0 saturated carbocycles. The van der Waals surface area contributed by atoms with Crippen LogP contribution in [0.25, 0.3) is 0 Å². The second-order valence-corrected chi connectivity index (χ2v) is 4.52. The Kier molecular flexibility index (Phi) is 6.88. The lowest BCUT2D eigenvalue weighted by molar-refractivity contribution is 0.0695. The van der Waals surface area contributed by atoms with Gasteiger partial charge in [-0.25, -0.2) is 4.79 Å². The van der Waals surface area contributed by atoms with E-state index in [0.717, 1.165) is 5.56 Å². The van der Waals surface area contributed by atoms with E-state index < -0.39 is 12.1 Å². The molecule has 0 spiro atoms. The highest BCUT2D eigenvalue weighted by Crippen LogP contribution is 2.12. The van der Waals surface area contributed by atoms with Gasteiger partial charge in [-0.3, -0.25) is 0 Å². The minimum absolute atomic E-state index is 0. The maximum Gasteiger partial charge on any atom is 0.336 e. The largest absolute Gasteiger partial charge is 0.478 e. The van der Waals surface area contributed by atoms with Crippen molar-refractivity contribution in [2.45, 2.75) is 12.6 Å². The van der Waals surface area contributed by atoms with Crippen molar-refractivity contribution in [2.24, 2.45) is 0 Å². The van der Waals surface area contributed by atoms with Crippen molar-refractivity contribution in [3.8, 4) is 0 Å². The number of carbonyl (C=O) groups is 1. The molecule has 0 amide bonds. The number of aliphatic hydroxyl groups excluding tert-OH is 1. The fraction of sp³-hybridized carbons (Fsp3) is 0.188. The van der Waals surface area contributed by atoms with E-state index in [4.69, 9.17) is 5.11 Å². The van der Waals surface area contributed by atoms with E-state index in [1.54, 1.807) is 24.3 Å². The normalized spacial score (nSPS) is 11.5. The first kappa shape index (κ1) is 17.2. The number of aliphatic hydroxyl groups is 1. The summed E-state index contributed by atoms with van der Waals surface area (Å²) >= 11 is 0. The molecule has 3 N–H and O–H groups in total. The zero-order valence-electron chi connectivity index (χ0n) is 11.4. The molecule has 0 radical (unpaired) electrons. The zero-order chi connectivity index (χ0) is 14.4. The lowest BCUT2D eigenvalue weighted by atomic mass is 10.1. The molecule has 5 heteroatoms. The van der Waals surface area contributed by atoms with Crippen LogP contribution in [0.15, 0.2) is 54.6 Å². The molecule has 0 aliphatic rings. The standard InChI is InChI=1S/C16H17NO3.ClH/c18-15(12-6-2-1-3-7-12)11-17-10-13-8-4-5-9-14(13)16(19)20;/h1-9,15,17-18H,10-11H2,(H,19,20);1H. The second kappa shape index (κ2) is 8.42. The molecule has 0 saturated heterocycles. The molecular weight excluding hydrogens is 290 g/mol. The summed E-state index contributed by atoms with van der Waals surface area (Å²) in [5, 5.41) is 22.2. The smallest absolute Gasteiger partial charge is 0.336 e. The van der Waals surface area contributed by atoms with E-state index in [1.165, 1.54) is 0 Å². The number of nitrogens with one attached hydrogen (secondary N) is 1. The van der Waals surface area contributed by atoms with Crippen LogP contribution in [0.1, 0.15) is 27.6 Å². The van der Waals surface area contributed by atoms with Gasteiger partial charge in [0.15, 0.2) is 0 Å². The predicted octanol–water partition coefficient (Wildman–Crippen LogP) is 2.63. The van der Waals surface area contributed by atoms with Crippen molar-refractivity contribution in [3.63, 3.8) is 0 Å². The Bertz CT molecular complexity index is 575. The molecule has 1 atom stereocenters. The maximum absolute atomic E-state index is 11.1. The Labute approximate surface area is 129 Å². The fourth-order valence-corrected chi connectivity index (χ4v) is 2.02. The number of carboxylic acid groups (broad SMARTS) is 1. The molecule has 0 heterocycles. The number of hydrogen-bond acceptors (Lipinski definition) is 3. The number of aromatic carboxylic acids is 1. The first-order valence-corrected chi connectivity index (χ1v) is 6.43. The minimum Gasteiger partial charge on any atom is -0.478 e. The van der Waals surface area contributed by atoms with Gasteiger partial charge in [0.2, 0.25) is 0 Å².